The van der Waals surface area contributed by atoms with Gasteiger partial charge in [0.2, 0.25) is 0 Å². The van der Waals surface area contributed by atoms with Gasteiger partial charge in [-0.1, -0.05) is 55.1 Å². The van der Waals surface area contributed by atoms with E-state index in [-0.39, 0.29) is 12.0 Å². The topological polar surface area (TPSA) is 73.3 Å². The summed E-state index contributed by atoms with van der Waals surface area (Å²) in [6.07, 6.45) is 6.50. The minimum absolute atomic E-state index is 0.125. The SMILES string of the molecule is C=c1/c(=C(/N)N=CC)c(-c2ccc3ccc(-c4ccccc4)nc3c2)cn1C1CC(C=O)C1. The van der Waals surface area contributed by atoms with Crippen molar-refractivity contribution >= 4 is 35.8 Å². The number of benzene rings is 2. The molecule has 1 fully saturated rings. The van der Waals surface area contributed by atoms with Gasteiger partial charge in [0.25, 0.3) is 0 Å². The van der Waals surface area contributed by atoms with Gasteiger partial charge in [-0.15, -0.1) is 0 Å². The van der Waals surface area contributed by atoms with Crippen molar-refractivity contribution in [1.29, 1.82) is 0 Å². The first-order valence-electron chi connectivity index (χ1n) is 11.2. The van der Waals surface area contributed by atoms with Gasteiger partial charge in [-0.25, -0.2) is 9.98 Å². The van der Waals surface area contributed by atoms with Crippen molar-refractivity contribution in [2.24, 2.45) is 16.6 Å². The normalized spacial score (nSPS) is 18.9. The lowest BCUT2D eigenvalue weighted by Gasteiger charge is -2.33. The summed E-state index contributed by atoms with van der Waals surface area (Å²) in [7, 11) is 0. The summed E-state index contributed by atoms with van der Waals surface area (Å²) in [4.78, 5) is 20.4. The van der Waals surface area contributed by atoms with Crippen LogP contribution in [0.3, 0.4) is 0 Å². The van der Waals surface area contributed by atoms with E-state index in [4.69, 9.17) is 10.7 Å². The minimum Gasteiger partial charge on any atom is -0.383 e. The van der Waals surface area contributed by atoms with Gasteiger partial charge in [0.15, 0.2) is 0 Å². The highest BCUT2D eigenvalue weighted by Crippen LogP contribution is 2.36. The summed E-state index contributed by atoms with van der Waals surface area (Å²) >= 11 is 0. The number of nitrogens with zero attached hydrogens (tertiary/aromatic N) is 3. The number of hydrogen-bond acceptors (Lipinski definition) is 4. The monoisotopic (exact) mass is 434 g/mol. The molecule has 2 N–H and O–H groups in total. The standard InChI is InChI=1S/C28H26N4O/c1-3-30-28(29)27-18(2)32(23-13-19(14-23)17-33)16-24(27)22-10-9-21-11-12-25(31-26(21)15-22)20-7-5-4-6-8-20/h3-12,15-17,19,23H,2,13-14,29H2,1H3/b28-27+,30-3?. The number of nitrogens with two attached hydrogens (primary N) is 1. The van der Waals surface area contributed by atoms with Crippen molar-refractivity contribution in [3.8, 4) is 22.4 Å². The first-order valence-corrected chi connectivity index (χ1v) is 11.2. The molecule has 33 heavy (non-hydrogen) atoms. The fourth-order valence-corrected chi connectivity index (χ4v) is 4.62. The molecule has 1 aliphatic rings. The molecule has 0 atom stereocenters. The predicted octanol–water partition coefficient (Wildman–Crippen LogP) is 4.05. The third kappa shape index (κ3) is 3.76. The summed E-state index contributed by atoms with van der Waals surface area (Å²) in [5.41, 5.74) is 11.3. The lowest BCUT2D eigenvalue weighted by Crippen LogP contribution is -2.38. The highest BCUT2D eigenvalue weighted by Gasteiger charge is 2.30. The van der Waals surface area contributed by atoms with Crippen molar-refractivity contribution in [3.63, 3.8) is 0 Å². The number of pyridine rings is 1. The Morgan fingerprint density at radius 3 is 2.61 bits per heavy atom. The number of aromatic nitrogens is 2. The molecule has 1 saturated carbocycles. The van der Waals surface area contributed by atoms with E-state index in [1.165, 1.54) is 0 Å². The second-order valence-electron chi connectivity index (χ2n) is 8.54. The van der Waals surface area contributed by atoms with Crippen LogP contribution in [0.4, 0.5) is 0 Å². The van der Waals surface area contributed by atoms with Crippen LogP contribution < -0.4 is 16.3 Å². The molecule has 0 saturated heterocycles. The quantitative estimate of drug-likeness (QED) is 0.380. The molecule has 2 aromatic heterocycles. The molecule has 0 aliphatic heterocycles. The third-order valence-corrected chi connectivity index (χ3v) is 6.47. The van der Waals surface area contributed by atoms with Crippen LogP contribution in [-0.2, 0) is 4.79 Å². The Hall–Kier alpha value is -3.99. The molecule has 2 heterocycles. The Balaban J connectivity index is 1.66. The molecular weight excluding hydrogens is 408 g/mol. The molecule has 5 rings (SSSR count). The van der Waals surface area contributed by atoms with Gasteiger partial charge in [0.05, 0.1) is 11.2 Å². The fraction of sp³-hybridized carbons (Fsp3) is 0.179. The van der Waals surface area contributed by atoms with Crippen LogP contribution in [-0.4, -0.2) is 22.1 Å². The summed E-state index contributed by atoms with van der Waals surface area (Å²) in [6.45, 7) is 6.17. The Morgan fingerprint density at radius 2 is 1.88 bits per heavy atom. The molecule has 0 spiro atoms. The van der Waals surface area contributed by atoms with Gasteiger partial charge < -0.3 is 15.1 Å². The molecule has 1 aliphatic carbocycles. The highest BCUT2D eigenvalue weighted by atomic mass is 16.1. The van der Waals surface area contributed by atoms with Gasteiger partial charge in [-0.3, -0.25) is 0 Å². The number of hydrogen-bond donors (Lipinski definition) is 1. The largest absolute Gasteiger partial charge is 0.383 e. The van der Waals surface area contributed by atoms with Crippen LogP contribution >= 0.6 is 0 Å². The number of aliphatic imine (C=N–C) groups is 1. The molecule has 0 unspecified atom stereocenters. The van der Waals surface area contributed by atoms with E-state index < -0.39 is 0 Å². The van der Waals surface area contributed by atoms with Crippen LogP contribution in [0.1, 0.15) is 25.8 Å². The lowest BCUT2D eigenvalue weighted by atomic mass is 9.81. The van der Waals surface area contributed by atoms with E-state index in [1.54, 1.807) is 6.21 Å². The van der Waals surface area contributed by atoms with Gasteiger partial charge in [-0.05, 0) is 37.5 Å². The Kier molecular flexibility index (Phi) is 5.38. The van der Waals surface area contributed by atoms with E-state index in [0.29, 0.717) is 5.82 Å². The molecule has 0 bridgehead atoms. The second kappa shape index (κ2) is 8.51. The maximum Gasteiger partial charge on any atom is 0.132 e. The van der Waals surface area contributed by atoms with Gasteiger partial charge >= 0.3 is 0 Å². The maximum absolute atomic E-state index is 11.1. The van der Waals surface area contributed by atoms with E-state index in [2.05, 4.69) is 64.8 Å². The number of fused-ring (bicyclic) bond motifs is 1. The van der Waals surface area contributed by atoms with E-state index in [1.807, 2.05) is 25.1 Å². The number of aldehydes is 1. The summed E-state index contributed by atoms with van der Waals surface area (Å²) in [5.74, 6) is 0.563. The smallest absolute Gasteiger partial charge is 0.132 e. The predicted molar refractivity (Wildman–Crippen MR) is 135 cm³/mol. The Bertz CT molecular complexity index is 1480. The average Bonchev–Trinajstić information content (AvgIpc) is 3.15. The summed E-state index contributed by atoms with van der Waals surface area (Å²) in [5, 5.41) is 2.74. The van der Waals surface area contributed by atoms with E-state index in [9.17, 15) is 4.79 Å². The van der Waals surface area contributed by atoms with Crippen molar-refractivity contribution in [2.45, 2.75) is 25.8 Å². The Morgan fingerprint density at radius 1 is 1.12 bits per heavy atom. The molecule has 0 radical (unpaired) electrons. The number of carbonyl (C=O) groups is 1. The van der Waals surface area contributed by atoms with Crippen LogP contribution in [0, 0.1) is 5.92 Å². The zero-order valence-corrected chi connectivity index (χ0v) is 18.6. The molecule has 4 aromatic rings. The highest BCUT2D eigenvalue weighted by molar-refractivity contribution is 5.86. The van der Waals surface area contributed by atoms with Crippen molar-refractivity contribution < 1.29 is 4.79 Å². The molecule has 164 valence electrons. The zero-order valence-electron chi connectivity index (χ0n) is 18.6. The average molecular weight is 435 g/mol. The number of rotatable bonds is 5. The first kappa shape index (κ1) is 20.9. The Labute approximate surface area is 192 Å². The fourth-order valence-electron chi connectivity index (χ4n) is 4.62. The van der Waals surface area contributed by atoms with Gasteiger partial charge in [0, 0.05) is 51.5 Å². The van der Waals surface area contributed by atoms with E-state index >= 15 is 0 Å². The van der Waals surface area contributed by atoms with Crippen molar-refractivity contribution in [3.05, 3.63) is 77.4 Å². The summed E-state index contributed by atoms with van der Waals surface area (Å²) in [6, 6.07) is 20.8. The molecule has 0 amide bonds. The van der Waals surface area contributed by atoms with Crippen LogP contribution in [0.25, 0.3) is 45.7 Å². The zero-order chi connectivity index (χ0) is 22.9. The maximum atomic E-state index is 11.1. The first-order chi connectivity index (χ1) is 16.1. The minimum atomic E-state index is 0.125. The van der Waals surface area contributed by atoms with Gasteiger partial charge in [-0.2, -0.15) is 0 Å². The third-order valence-electron chi connectivity index (χ3n) is 6.47. The number of carbonyl (C=O) groups excluding carboxylic acids is 1. The van der Waals surface area contributed by atoms with Crippen LogP contribution in [0.5, 0.6) is 0 Å². The van der Waals surface area contributed by atoms with Crippen molar-refractivity contribution in [2.75, 3.05) is 0 Å². The molecule has 5 nitrogen and oxygen atoms in total. The lowest BCUT2D eigenvalue weighted by molar-refractivity contribution is -0.114. The molecule has 5 heteroatoms. The van der Waals surface area contributed by atoms with Crippen LogP contribution in [0.2, 0.25) is 0 Å². The summed E-state index contributed by atoms with van der Waals surface area (Å²) < 4.78 is 2.15. The van der Waals surface area contributed by atoms with Crippen molar-refractivity contribution in [1.82, 2.24) is 9.55 Å². The van der Waals surface area contributed by atoms with Crippen LogP contribution in [0.15, 0.2) is 71.9 Å². The second-order valence-corrected chi connectivity index (χ2v) is 8.54. The van der Waals surface area contributed by atoms with E-state index in [0.717, 1.165) is 63.0 Å². The van der Waals surface area contributed by atoms with Gasteiger partial charge in [0.1, 0.15) is 12.1 Å². The molecule has 2 aromatic carbocycles. The molecular formula is C28H26N4O.